The molecule has 1 aliphatic rings. The molecule has 2 aromatic carbocycles. The number of aliphatic hydroxyl groups excluding tert-OH is 1. The molecule has 0 radical (unpaired) electrons. The number of carbonyl (C=O) groups excluding carboxylic acids is 1. The van der Waals surface area contributed by atoms with E-state index in [0.29, 0.717) is 9.87 Å². The van der Waals surface area contributed by atoms with Crippen molar-refractivity contribution < 1.29 is 40.6 Å². The van der Waals surface area contributed by atoms with E-state index >= 15 is 4.39 Å². The van der Waals surface area contributed by atoms with E-state index in [9.17, 15) is 31.5 Å². The van der Waals surface area contributed by atoms with Gasteiger partial charge in [-0.3, -0.25) is 0 Å². The standard InChI is InChI=1S/C23H20F4N4O5S/c24-18-15(14-11-29-22(28)30-12-14)8-9-16(13-5-2-1-3-6-13)19(18)37(34,35)31-10-4-7-17(31)20(32)36-21(33)23(25,26)27/h1-3,5-6,8-9,11-12,17,20,32H,4,7,10H2,(H2,28,29,30)/t17-,20?/m1/s1. The number of hydrogen-bond donors (Lipinski definition) is 2. The first kappa shape index (κ1) is 26.4. The Morgan fingerprint density at radius 2 is 1.70 bits per heavy atom. The molecule has 0 saturated carbocycles. The van der Waals surface area contributed by atoms with E-state index in [4.69, 9.17) is 5.73 Å². The number of aliphatic hydroxyl groups is 1. The topological polar surface area (TPSA) is 136 Å². The third kappa shape index (κ3) is 5.26. The van der Waals surface area contributed by atoms with Crippen LogP contribution in [-0.2, 0) is 19.6 Å². The van der Waals surface area contributed by atoms with Crippen LogP contribution >= 0.6 is 0 Å². The largest absolute Gasteiger partial charge is 0.491 e. The van der Waals surface area contributed by atoms with Crippen LogP contribution in [0.5, 0.6) is 0 Å². The Morgan fingerprint density at radius 1 is 1.08 bits per heavy atom. The average Bonchev–Trinajstić information content (AvgIpc) is 3.36. The fourth-order valence-corrected chi connectivity index (χ4v) is 6.05. The molecule has 0 spiro atoms. The van der Waals surface area contributed by atoms with Crippen molar-refractivity contribution in [3.63, 3.8) is 0 Å². The lowest BCUT2D eigenvalue weighted by molar-refractivity contribution is -0.223. The Balaban J connectivity index is 1.83. The highest BCUT2D eigenvalue weighted by atomic mass is 32.2. The molecule has 3 N–H and O–H groups in total. The zero-order chi connectivity index (χ0) is 27.0. The summed E-state index contributed by atoms with van der Waals surface area (Å²) in [6.07, 6.45) is -5.41. The summed E-state index contributed by atoms with van der Waals surface area (Å²) in [4.78, 5) is 18.0. The van der Waals surface area contributed by atoms with Crippen LogP contribution in [0, 0.1) is 5.82 Å². The zero-order valence-electron chi connectivity index (χ0n) is 18.9. The molecule has 3 aromatic rings. The van der Waals surface area contributed by atoms with Crippen LogP contribution in [0.25, 0.3) is 22.3 Å². The Bertz CT molecular complexity index is 1400. The summed E-state index contributed by atoms with van der Waals surface area (Å²) in [6.45, 7) is -0.253. The van der Waals surface area contributed by atoms with Crippen LogP contribution in [0.3, 0.4) is 0 Å². The van der Waals surface area contributed by atoms with Crippen molar-refractivity contribution in [3.8, 4) is 22.3 Å². The molecular weight excluding hydrogens is 520 g/mol. The van der Waals surface area contributed by atoms with E-state index in [0.717, 1.165) is 0 Å². The Hall–Kier alpha value is -3.62. The summed E-state index contributed by atoms with van der Waals surface area (Å²) in [6, 6.07) is 9.17. The molecule has 37 heavy (non-hydrogen) atoms. The van der Waals surface area contributed by atoms with Gasteiger partial charge in [-0.15, -0.1) is 0 Å². The number of benzene rings is 2. The number of rotatable bonds is 6. The molecule has 0 bridgehead atoms. The predicted molar refractivity (Wildman–Crippen MR) is 122 cm³/mol. The molecule has 1 saturated heterocycles. The molecule has 0 aliphatic carbocycles. The van der Waals surface area contributed by atoms with Crippen molar-refractivity contribution in [2.75, 3.05) is 12.3 Å². The molecule has 1 aromatic heterocycles. The van der Waals surface area contributed by atoms with E-state index in [1.807, 2.05) is 0 Å². The lowest BCUT2D eigenvalue weighted by Crippen LogP contribution is -2.46. The van der Waals surface area contributed by atoms with E-state index in [1.54, 1.807) is 30.3 Å². The number of anilines is 1. The molecule has 1 aliphatic heterocycles. The molecular formula is C23H20F4N4O5S. The minimum Gasteiger partial charge on any atom is -0.428 e. The normalized spacial score (nSPS) is 17.5. The lowest BCUT2D eigenvalue weighted by atomic mass is 10.0. The summed E-state index contributed by atoms with van der Waals surface area (Å²) in [5.74, 6) is -3.92. The first-order chi connectivity index (χ1) is 17.4. The highest BCUT2D eigenvalue weighted by Gasteiger charge is 2.47. The molecule has 2 atom stereocenters. The number of nitrogens with two attached hydrogens (primary N) is 1. The third-order valence-electron chi connectivity index (χ3n) is 5.77. The van der Waals surface area contributed by atoms with E-state index in [2.05, 4.69) is 14.7 Å². The van der Waals surface area contributed by atoms with Gasteiger partial charge < -0.3 is 15.6 Å². The molecule has 4 rings (SSSR count). The van der Waals surface area contributed by atoms with Crippen LogP contribution in [0.4, 0.5) is 23.5 Å². The number of esters is 1. The summed E-state index contributed by atoms with van der Waals surface area (Å²) in [5.41, 5.74) is 5.76. The quantitative estimate of drug-likeness (QED) is 0.277. The van der Waals surface area contributed by atoms with Crippen molar-refractivity contribution >= 4 is 21.9 Å². The number of nitrogen functional groups attached to an aromatic ring is 1. The first-order valence-corrected chi connectivity index (χ1v) is 12.3. The molecule has 1 unspecified atom stereocenters. The maximum absolute atomic E-state index is 16.1. The second-order valence-electron chi connectivity index (χ2n) is 8.12. The molecule has 2 heterocycles. The number of carbonyl (C=O) groups is 1. The van der Waals surface area contributed by atoms with Crippen molar-refractivity contribution in [3.05, 3.63) is 60.7 Å². The van der Waals surface area contributed by atoms with E-state index < -0.39 is 45.2 Å². The molecule has 196 valence electrons. The van der Waals surface area contributed by atoms with Crippen molar-refractivity contribution in [2.45, 2.75) is 36.2 Å². The number of alkyl halides is 3. The van der Waals surface area contributed by atoms with Gasteiger partial charge in [-0.05, 0) is 18.4 Å². The summed E-state index contributed by atoms with van der Waals surface area (Å²) < 4.78 is 86.4. The van der Waals surface area contributed by atoms with Crippen LogP contribution in [0.15, 0.2) is 59.8 Å². The van der Waals surface area contributed by atoms with Crippen molar-refractivity contribution in [2.24, 2.45) is 0 Å². The number of ether oxygens (including phenoxy) is 1. The minimum absolute atomic E-state index is 0.0226. The van der Waals surface area contributed by atoms with Gasteiger partial charge in [0.15, 0.2) is 5.82 Å². The fraction of sp³-hybridized carbons (Fsp3) is 0.261. The zero-order valence-corrected chi connectivity index (χ0v) is 19.7. The van der Waals surface area contributed by atoms with Gasteiger partial charge in [0.1, 0.15) is 4.90 Å². The van der Waals surface area contributed by atoms with Crippen LogP contribution < -0.4 is 5.73 Å². The van der Waals surface area contributed by atoms with Crippen LogP contribution in [0.1, 0.15) is 12.8 Å². The SMILES string of the molecule is Nc1ncc(-c2ccc(-c3ccccc3)c(S(=O)(=O)N3CCC[C@@H]3C(O)OC(=O)C(F)(F)F)c2F)cn1. The van der Waals surface area contributed by atoms with Crippen LogP contribution in [-0.4, -0.2) is 58.8 Å². The predicted octanol–water partition coefficient (Wildman–Crippen LogP) is 3.11. The van der Waals surface area contributed by atoms with Gasteiger partial charge >= 0.3 is 12.1 Å². The van der Waals surface area contributed by atoms with E-state index in [1.165, 1.54) is 24.5 Å². The Labute approximate surface area is 208 Å². The van der Waals surface area contributed by atoms with Gasteiger partial charge in [-0.2, -0.15) is 17.5 Å². The maximum Gasteiger partial charge on any atom is 0.491 e. The molecule has 9 nitrogen and oxygen atoms in total. The van der Waals surface area contributed by atoms with E-state index in [-0.39, 0.29) is 42.0 Å². The average molecular weight is 540 g/mol. The molecule has 1 fully saturated rings. The highest BCUT2D eigenvalue weighted by molar-refractivity contribution is 7.89. The highest BCUT2D eigenvalue weighted by Crippen LogP contribution is 2.39. The van der Waals surface area contributed by atoms with Crippen molar-refractivity contribution in [1.29, 1.82) is 0 Å². The minimum atomic E-state index is -5.40. The second kappa shape index (κ2) is 10.0. The third-order valence-corrected chi connectivity index (χ3v) is 7.75. The summed E-state index contributed by atoms with van der Waals surface area (Å²) in [7, 11) is -4.79. The summed E-state index contributed by atoms with van der Waals surface area (Å²) >= 11 is 0. The van der Waals surface area contributed by atoms with Gasteiger partial charge in [0, 0.05) is 35.6 Å². The first-order valence-electron chi connectivity index (χ1n) is 10.8. The number of halogens is 4. The maximum atomic E-state index is 16.1. The summed E-state index contributed by atoms with van der Waals surface area (Å²) in [5, 5.41) is 10.2. The number of aromatic nitrogens is 2. The second-order valence-corrected chi connectivity index (χ2v) is 9.95. The Kier molecular flexibility index (Phi) is 7.17. The molecule has 0 amide bonds. The van der Waals surface area contributed by atoms with Crippen molar-refractivity contribution in [1.82, 2.24) is 14.3 Å². The number of nitrogens with zero attached hydrogens (tertiary/aromatic N) is 3. The number of hydrogen-bond acceptors (Lipinski definition) is 8. The van der Waals surface area contributed by atoms with Gasteiger partial charge in [0.25, 0.3) is 0 Å². The fourth-order valence-electron chi connectivity index (χ4n) is 4.07. The van der Waals surface area contributed by atoms with Gasteiger partial charge in [0.05, 0.1) is 6.04 Å². The monoisotopic (exact) mass is 540 g/mol. The van der Waals surface area contributed by atoms with Gasteiger partial charge in [0.2, 0.25) is 22.3 Å². The number of sulfonamides is 1. The smallest absolute Gasteiger partial charge is 0.428 e. The Morgan fingerprint density at radius 3 is 2.32 bits per heavy atom. The van der Waals surface area contributed by atoms with Gasteiger partial charge in [-0.25, -0.2) is 27.6 Å². The lowest BCUT2D eigenvalue weighted by Gasteiger charge is -2.29. The van der Waals surface area contributed by atoms with Crippen LogP contribution in [0.2, 0.25) is 0 Å². The van der Waals surface area contributed by atoms with Gasteiger partial charge in [-0.1, -0.05) is 42.5 Å². The molecule has 14 heteroatoms.